The zero-order valence-corrected chi connectivity index (χ0v) is 26.9. The molecule has 0 saturated heterocycles. The van der Waals surface area contributed by atoms with Gasteiger partial charge in [-0.3, -0.25) is 14.5 Å². The molecule has 0 unspecified atom stereocenters. The van der Waals surface area contributed by atoms with Crippen molar-refractivity contribution in [3.05, 3.63) is 77.6 Å². The van der Waals surface area contributed by atoms with Crippen LogP contribution in [0.4, 0.5) is 5.69 Å². The topological polar surface area (TPSA) is 64.7 Å². The number of nitrogens with one attached hydrogen (secondary N) is 2. The van der Waals surface area contributed by atoms with Crippen molar-refractivity contribution in [1.29, 1.82) is 0 Å². The van der Waals surface area contributed by atoms with E-state index in [0.29, 0.717) is 18.0 Å². The van der Waals surface area contributed by atoms with Crippen LogP contribution in [0, 0.1) is 11.8 Å². The Balaban J connectivity index is 1.65. The van der Waals surface area contributed by atoms with Crippen molar-refractivity contribution in [1.82, 2.24) is 15.5 Å². The minimum atomic E-state index is -0.282. The summed E-state index contributed by atoms with van der Waals surface area (Å²) in [5.74, 6) is 0.647. The molecule has 1 aromatic carbocycles. The van der Waals surface area contributed by atoms with Gasteiger partial charge >= 0.3 is 0 Å². The summed E-state index contributed by atoms with van der Waals surface area (Å²) in [7, 11) is 3.98. The third kappa shape index (κ3) is 10.0. The minimum Gasteiger partial charge on any atom is -0.379 e. The largest absolute Gasteiger partial charge is 0.379 e. The van der Waals surface area contributed by atoms with Crippen LogP contribution in [0.3, 0.4) is 0 Å². The first-order chi connectivity index (χ1) is 20.1. The van der Waals surface area contributed by atoms with Crippen molar-refractivity contribution in [3.63, 3.8) is 0 Å². The number of ketones is 1. The highest BCUT2D eigenvalue weighted by Crippen LogP contribution is 2.30. The van der Waals surface area contributed by atoms with Gasteiger partial charge in [0.2, 0.25) is 0 Å². The van der Waals surface area contributed by atoms with Crippen LogP contribution in [0.15, 0.2) is 72.0 Å². The van der Waals surface area contributed by atoms with Gasteiger partial charge in [-0.05, 0) is 88.3 Å². The summed E-state index contributed by atoms with van der Waals surface area (Å²) in [6, 6.07) is 7.43. The number of Topliss-reactive ketones (excluding diaryl/α,β-unsaturated/α-hetero) is 1. The van der Waals surface area contributed by atoms with Gasteiger partial charge in [0.25, 0.3) is 5.91 Å². The number of nitrogens with zero attached hydrogens (tertiary/aromatic N) is 2. The van der Waals surface area contributed by atoms with Gasteiger partial charge < -0.3 is 15.5 Å². The Labute approximate surface area is 255 Å². The second-order valence-electron chi connectivity index (χ2n) is 12.7. The highest BCUT2D eigenvalue weighted by atomic mass is 16.1. The highest BCUT2D eigenvalue weighted by Gasteiger charge is 2.31. The van der Waals surface area contributed by atoms with Crippen molar-refractivity contribution >= 4 is 17.4 Å². The van der Waals surface area contributed by atoms with Crippen LogP contribution < -0.4 is 15.5 Å². The first-order valence-corrected chi connectivity index (χ1v) is 15.9. The van der Waals surface area contributed by atoms with Crippen LogP contribution >= 0.6 is 0 Å². The molecule has 1 aliphatic heterocycles. The Morgan fingerprint density at radius 1 is 1.10 bits per heavy atom. The molecule has 1 aliphatic carbocycles. The summed E-state index contributed by atoms with van der Waals surface area (Å²) in [6.07, 6.45) is 15.3. The molecule has 2 aliphatic rings. The van der Waals surface area contributed by atoms with E-state index in [9.17, 15) is 9.59 Å². The molecular weight excluding hydrogens is 520 g/mol. The Morgan fingerprint density at radius 2 is 1.81 bits per heavy atom. The van der Waals surface area contributed by atoms with Crippen molar-refractivity contribution < 1.29 is 9.59 Å². The molecule has 1 saturated carbocycles. The molecule has 2 N–H and O–H groups in total. The van der Waals surface area contributed by atoms with E-state index in [-0.39, 0.29) is 29.7 Å². The molecule has 6 heteroatoms. The van der Waals surface area contributed by atoms with Crippen LogP contribution in [0.2, 0.25) is 0 Å². The van der Waals surface area contributed by atoms with Crippen molar-refractivity contribution in [2.75, 3.05) is 38.6 Å². The SMILES string of the molecule is C=C(N[C@@H](CC(C)C)C(=O)CN1CCCC(/C=C\C=C/C)=C(C)C1)[C@@H]1CCCC[C@@H]1NC(=O)c1ccc(N(C)C)cc1. The molecule has 0 aromatic heterocycles. The number of rotatable bonds is 13. The predicted octanol–water partition coefficient (Wildman–Crippen LogP) is 6.67. The first kappa shape index (κ1) is 33.4. The lowest BCUT2D eigenvalue weighted by atomic mass is 9.82. The molecule has 3 rings (SSSR count). The monoisotopic (exact) mass is 574 g/mol. The lowest BCUT2D eigenvalue weighted by Crippen LogP contribution is -2.48. The average molecular weight is 575 g/mol. The number of allylic oxidation sites excluding steroid dienone is 5. The number of anilines is 1. The zero-order chi connectivity index (χ0) is 30.6. The molecular formula is C36H54N4O2. The Morgan fingerprint density at radius 3 is 2.48 bits per heavy atom. The summed E-state index contributed by atoms with van der Waals surface area (Å²) in [5.41, 5.74) is 5.33. The van der Waals surface area contributed by atoms with E-state index in [1.807, 2.05) is 56.3 Å². The smallest absolute Gasteiger partial charge is 0.251 e. The van der Waals surface area contributed by atoms with E-state index in [1.54, 1.807) is 0 Å². The van der Waals surface area contributed by atoms with E-state index < -0.39 is 0 Å². The molecule has 1 aromatic rings. The van der Waals surface area contributed by atoms with Crippen molar-refractivity contribution in [3.8, 4) is 0 Å². The quantitative estimate of drug-likeness (QED) is 0.258. The third-order valence-corrected chi connectivity index (χ3v) is 8.54. The Hall–Kier alpha value is -3.12. The number of amides is 1. The van der Waals surface area contributed by atoms with Gasteiger partial charge in [-0.15, -0.1) is 0 Å². The fourth-order valence-corrected chi connectivity index (χ4v) is 6.15. The number of hydrogen-bond acceptors (Lipinski definition) is 5. The lowest BCUT2D eigenvalue weighted by Gasteiger charge is -2.36. The summed E-state index contributed by atoms with van der Waals surface area (Å²) >= 11 is 0. The molecule has 1 heterocycles. The van der Waals surface area contributed by atoms with Gasteiger partial charge in [0.05, 0.1) is 12.6 Å². The van der Waals surface area contributed by atoms with Gasteiger partial charge in [-0.2, -0.15) is 0 Å². The average Bonchev–Trinajstić information content (AvgIpc) is 3.13. The van der Waals surface area contributed by atoms with Crippen LogP contribution in [0.25, 0.3) is 0 Å². The maximum absolute atomic E-state index is 13.7. The van der Waals surface area contributed by atoms with Crippen LogP contribution in [-0.2, 0) is 4.79 Å². The number of benzene rings is 1. The standard InChI is InChI=1S/C36H54N4O2/c1-8-9-10-14-29-15-13-22-40(24-27(29)4)25-35(41)34(23-26(2)3)37-28(5)32-16-11-12-17-33(32)38-36(42)30-18-20-31(21-19-30)39(6)7/h8-10,14,18-21,26,32-34,37H,5,11-13,15-17,22-25H2,1-4,6-7H3,(H,38,42)/b9-8-,14-10-/t32-,33-,34-/m0/s1. The normalized spacial score (nSPS) is 21.0. The molecule has 230 valence electrons. The zero-order valence-electron chi connectivity index (χ0n) is 26.9. The fourth-order valence-electron chi connectivity index (χ4n) is 6.15. The summed E-state index contributed by atoms with van der Waals surface area (Å²) < 4.78 is 0. The minimum absolute atomic E-state index is 0.00185. The highest BCUT2D eigenvalue weighted by molar-refractivity contribution is 5.94. The molecule has 0 radical (unpaired) electrons. The van der Waals surface area contributed by atoms with Crippen LogP contribution in [0.1, 0.15) is 83.0 Å². The van der Waals surface area contributed by atoms with Gasteiger partial charge in [0.1, 0.15) is 0 Å². The third-order valence-electron chi connectivity index (χ3n) is 8.54. The molecule has 1 amide bonds. The molecule has 0 spiro atoms. The number of hydrogen-bond donors (Lipinski definition) is 2. The van der Waals surface area contributed by atoms with E-state index >= 15 is 0 Å². The summed E-state index contributed by atoms with van der Waals surface area (Å²) in [6.45, 7) is 15.2. The fraction of sp³-hybridized carbons (Fsp3) is 0.556. The van der Waals surface area contributed by atoms with E-state index in [0.717, 1.165) is 69.4 Å². The molecule has 3 atom stereocenters. The van der Waals surface area contributed by atoms with E-state index in [4.69, 9.17) is 0 Å². The number of carbonyl (C=O) groups excluding carboxylic acids is 2. The molecule has 6 nitrogen and oxygen atoms in total. The van der Waals surface area contributed by atoms with Crippen molar-refractivity contribution in [2.45, 2.75) is 84.7 Å². The summed E-state index contributed by atoms with van der Waals surface area (Å²) in [4.78, 5) is 31.2. The van der Waals surface area contributed by atoms with Gasteiger partial charge in [-0.1, -0.05) is 63.1 Å². The molecule has 1 fully saturated rings. The van der Waals surface area contributed by atoms with Crippen LogP contribution in [-0.4, -0.2) is 62.4 Å². The summed E-state index contributed by atoms with van der Waals surface area (Å²) in [5, 5.41) is 6.88. The first-order valence-electron chi connectivity index (χ1n) is 15.9. The van der Waals surface area contributed by atoms with Crippen LogP contribution in [0.5, 0.6) is 0 Å². The van der Waals surface area contributed by atoms with Gasteiger partial charge in [-0.25, -0.2) is 0 Å². The second kappa shape index (κ2) is 16.5. The predicted molar refractivity (Wildman–Crippen MR) is 177 cm³/mol. The number of carbonyl (C=O) groups is 2. The van der Waals surface area contributed by atoms with Gasteiger partial charge in [0, 0.05) is 49.5 Å². The maximum Gasteiger partial charge on any atom is 0.251 e. The van der Waals surface area contributed by atoms with E-state index in [1.165, 1.54) is 11.1 Å². The molecule has 0 bridgehead atoms. The molecule has 42 heavy (non-hydrogen) atoms. The van der Waals surface area contributed by atoms with Gasteiger partial charge in [0.15, 0.2) is 5.78 Å². The van der Waals surface area contributed by atoms with Crippen molar-refractivity contribution in [2.24, 2.45) is 11.8 Å². The Kier molecular flexibility index (Phi) is 13.1. The Bertz CT molecular complexity index is 1150. The second-order valence-corrected chi connectivity index (χ2v) is 12.7. The maximum atomic E-state index is 13.7. The van der Waals surface area contributed by atoms with E-state index in [2.05, 4.69) is 61.1 Å². The lowest BCUT2D eigenvalue weighted by molar-refractivity contribution is -0.122.